The quantitative estimate of drug-likeness (QED) is 0.870. The van der Waals surface area contributed by atoms with E-state index in [1.807, 2.05) is 19.2 Å². The molecule has 96 valence electrons. The zero-order chi connectivity index (χ0) is 13.1. The van der Waals surface area contributed by atoms with Gasteiger partial charge in [0.05, 0.1) is 0 Å². The molecule has 0 bridgehead atoms. The lowest BCUT2D eigenvalue weighted by Crippen LogP contribution is -2.28. The predicted molar refractivity (Wildman–Crippen MR) is 73.5 cm³/mol. The number of fused-ring (bicyclic) bond motifs is 1. The summed E-state index contributed by atoms with van der Waals surface area (Å²) < 4.78 is 1.07. The van der Waals surface area contributed by atoms with Gasteiger partial charge in [-0.2, -0.15) is 4.91 Å². The van der Waals surface area contributed by atoms with Crippen LogP contribution in [0.25, 0.3) is 0 Å². The lowest BCUT2D eigenvalue weighted by molar-refractivity contribution is -0.114. The maximum atomic E-state index is 11.4. The Morgan fingerprint density at radius 1 is 1.50 bits per heavy atom. The number of anilines is 1. The fourth-order valence-electron chi connectivity index (χ4n) is 2.13. The van der Waals surface area contributed by atoms with Crippen molar-refractivity contribution in [3.63, 3.8) is 0 Å². The van der Waals surface area contributed by atoms with Gasteiger partial charge in [0.1, 0.15) is 0 Å². The molecule has 1 aliphatic heterocycles. The van der Waals surface area contributed by atoms with Crippen molar-refractivity contribution in [2.24, 2.45) is 5.18 Å². The molecule has 0 aliphatic carbocycles. The third-order valence-corrected chi connectivity index (χ3v) is 3.77. The van der Waals surface area contributed by atoms with Crippen molar-refractivity contribution in [3.8, 4) is 0 Å². The van der Waals surface area contributed by atoms with Crippen LogP contribution in [0.5, 0.6) is 0 Å². The molecule has 0 saturated heterocycles. The van der Waals surface area contributed by atoms with E-state index in [0.29, 0.717) is 0 Å². The number of benzene rings is 1. The van der Waals surface area contributed by atoms with Gasteiger partial charge in [0.15, 0.2) is 6.54 Å². The first-order chi connectivity index (χ1) is 8.61. The highest BCUT2D eigenvalue weighted by Crippen LogP contribution is 2.31. The second-order valence-corrected chi connectivity index (χ2v) is 5.23. The van der Waals surface area contributed by atoms with Crippen molar-refractivity contribution in [2.75, 3.05) is 25.5 Å². The smallest absolute Gasteiger partial charge is 0.249 e. The summed E-state index contributed by atoms with van der Waals surface area (Å²) in [5.74, 6) is -0.372. The third-order valence-electron chi connectivity index (χ3n) is 3.03. The first-order valence-corrected chi connectivity index (χ1v) is 6.49. The molecule has 2 rings (SSSR count). The molecule has 6 heteroatoms. The van der Waals surface area contributed by atoms with Crippen molar-refractivity contribution in [2.45, 2.75) is 13.0 Å². The van der Waals surface area contributed by atoms with Crippen LogP contribution in [0.4, 0.5) is 5.69 Å². The lowest BCUT2D eigenvalue weighted by Gasteiger charge is -2.27. The van der Waals surface area contributed by atoms with Crippen LogP contribution in [0.2, 0.25) is 0 Å². The van der Waals surface area contributed by atoms with E-state index in [-0.39, 0.29) is 12.5 Å². The van der Waals surface area contributed by atoms with Gasteiger partial charge in [0.2, 0.25) is 5.91 Å². The molecule has 1 aliphatic rings. The van der Waals surface area contributed by atoms with Crippen LogP contribution >= 0.6 is 15.9 Å². The van der Waals surface area contributed by atoms with Crippen LogP contribution < -0.4 is 5.32 Å². The van der Waals surface area contributed by atoms with Crippen molar-refractivity contribution in [3.05, 3.63) is 32.6 Å². The molecule has 5 nitrogen and oxygen atoms in total. The Bertz CT molecular complexity index is 490. The number of halogens is 1. The summed E-state index contributed by atoms with van der Waals surface area (Å²) in [6.45, 7) is 1.44. The fraction of sp³-hybridized carbons (Fsp3) is 0.417. The SMILES string of the molecule is CN1CCc2c(Br)ccc(NC(=O)CN=O)c2C1. The molecule has 18 heavy (non-hydrogen) atoms. The van der Waals surface area contributed by atoms with Gasteiger partial charge in [-0.3, -0.25) is 4.79 Å². The standard InChI is InChI=1S/C12H14BrN3O2/c1-16-5-4-8-9(7-16)11(3-2-10(8)13)15-12(17)6-14-18/h2-3H,4-7H2,1H3,(H,15,17). The molecule has 0 fully saturated rings. The minimum absolute atomic E-state index is 0.347. The van der Waals surface area contributed by atoms with Crippen LogP contribution in [0.1, 0.15) is 11.1 Å². The molecule has 1 heterocycles. The molecular weight excluding hydrogens is 298 g/mol. The molecule has 1 N–H and O–H groups in total. The van der Waals surface area contributed by atoms with Gasteiger partial charge < -0.3 is 10.2 Å². The highest BCUT2D eigenvalue weighted by molar-refractivity contribution is 9.10. The zero-order valence-corrected chi connectivity index (χ0v) is 11.7. The third kappa shape index (κ3) is 2.76. The zero-order valence-electron chi connectivity index (χ0n) is 10.1. The summed E-state index contributed by atoms with van der Waals surface area (Å²) in [7, 11) is 2.04. The Labute approximate surface area is 114 Å². The summed E-state index contributed by atoms with van der Waals surface area (Å²) in [6.07, 6.45) is 0.946. The van der Waals surface area contributed by atoms with Crippen LogP contribution in [-0.2, 0) is 17.8 Å². The molecule has 1 amide bonds. The van der Waals surface area contributed by atoms with Gasteiger partial charge in [0, 0.05) is 23.2 Å². The molecule has 1 aromatic carbocycles. The highest BCUT2D eigenvalue weighted by atomic mass is 79.9. The summed E-state index contributed by atoms with van der Waals surface area (Å²) in [5.41, 5.74) is 3.11. The van der Waals surface area contributed by atoms with Gasteiger partial charge in [-0.05, 0) is 36.7 Å². The minimum atomic E-state index is -0.372. The van der Waals surface area contributed by atoms with E-state index in [9.17, 15) is 9.70 Å². The minimum Gasteiger partial charge on any atom is -0.324 e. The second-order valence-electron chi connectivity index (χ2n) is 4.38. The lowest BCUT2D eigenvalue weighted by atomic mass is 9.98. The van der Waals surface area contributed by atoms with Gasteiger partial charge in [0.25, 0.3) is 0 Å². The number of hydrogen-bond donors (Lipinski definition) is 1. The van der Waals surface area contributed by atoms with Gasteiger partial charge >= 0.3 is 0 Å². The first kappa shape index (κ1) is 13.2. The predicted octanol–water partition coefficient (Wildman–Crippen LogP) is 2.14. The normalized spacial score (nSPS) is 15.0. The molecule has 0 aromatic heterocycles. The largest absolute Gasteiger partial charge is 0.324 e. The Morgan fingerprint density at radius 3 is 3.00 bits per heavy atom. The first-order valence-electron chi connectivity index (χ1n) is 5.69. The molecule has 1 aromatic rings. The summed E-state index contributed by atoms with van der Waals surface area (Å²) in [5, 5.41) is 5.33. The van der Waals surface area contributed by atoms with E-state index in [0.717, 1.165) is 35.2 Å². The maximum absolute atomic E-state index is 11.4. The number of nitrogens with zero attached hydrogens (tertiary/aromatic N) is 2. The van der Waals surface area contributed by atoms with Gasteiger partial charge in [-0.1, -0.05) is 21.1 Å². The summed E-state index contributed by atoms with van der Waals surface area (Å²) >= 11 is 3.53. The van der Waals surface area contributed by atoms with E-state index in [1.54, 1.807) is 0 Å². The molecule has 0 radical (unpaired) electrons. The van der Waals surface area contributed by atoms with E-state index in [2.05, 4.69) is 31.3 Å². The summed E-state index contributed by atoms with van der Waals surface area (Å²) in [4.78, 5) is 23.7. The number of likely N-dealkylation sites (N-methyl/N-ethyl adjacent to an activating group) is 1. The maximum Gasteiger partial charge on any atom is 0.249 e. The van der Waals surface area contributed by atoms with Gasteiger partial charge in [-0.25, -0.2) is 0 Å². The Balaban J connectivity index is 2.31. The Morgan fingerprint density at radius 2 is 2.28 bits per heavy atom. The number of rotatable bonds is 3. The number of carbonyl (C=O) groups excluding carboxylic acids is 1. The number of carbonyl (C=O) groups is 1. The van der Waals surface area contributed by atoms with Crippen LogP contribution in [0.15, 0.2) is 21.8 Å². The average Bonchev–Trinajstić information content (AvgIpc) is 2.33. The summed E-state index contributed by atoms with van der Waals surface area (Å²) in [6, 6.07) is 3.78. The fourth-order valence-corrected chi connectivity index (χ4v) is 2.70. The molecule has 0 unspecified atom stereocenters. The van der Waals surface area contributed by atoms with E-state index in [1.165, 1.54) is 5.56 Å². The average molecular weight is 312 g/mol. The van der Waals surface area contributed by atoms with E-state index >= 15 is 0 Å². The van der Waals surface area contributed by atoms with Crippen LogP contribution in [0.3, 0.4) is 0 Å². The van der Waals surface area contributed by atoms with Crippen molar-refractivity contribution in [1.29, 1.82) is 0 Å². The molecular formula is C12H14BrN3O2. The van der Waals surface area contributed by atoms with Crippen molar-refractivity contribution in [1.82, 2.24) is 4.90 Å². The van der Waals surface area contributed by atoms with Crippen LogP contribution in [0, 0.1) is 4.91 Å². The Hall–Kier alpha value is -1.27. The molecule has 0 atom stereocenters. The molecule has 0 spiro atoms. The van der Waals surface area contributed by atoms with E-state index < -0.39 is 0 Å². The monoisotopic (exact) mass is 311 g/mol. The second kappa shape index (κ2) is 5.58. The molecule has 0 saturated carbocycles. The number of nitroso groups, excluding NO2 is 1. The van der Waals surface area contributed by atoms with Gasteiger partial charge in [-0.15, -0.1) is 0 Å². The van der Waals surface area contributed by atoms with Crippen LogP contribution in [-0.4, -0.2) is 30.9 Å². The Kier molecular flexibility index (Phi) is 4.08. The number of hydrogen-bond acceptors (Lipinski definition) is 4. The number of amides is 1. The van der Waals surface area contributed by atoms with Crippen molar-refractivity contribution < 1.29 is 4.79 Å². The highest BCUT2D eigenvalue weighted by Gasteiger charge is 2.19. The van der Waals surface area contributed by atoms with Crippen molar-refractivity contribution >= 4 is 27.5 Å². The topological polar surface area (TPSA) is 61.8 Å². The number of nitrogens with one attached hydrogen (secondary N) is 1. The van der Waals surface area contributed by atoms with E-state index in [4.69, 9.17) is 0 Å².